The average molecular weight is 429 g/mol. The summed E-state index contributed by atoms with van der Waals surface area (Å²) in [5.41, 5.74) is 0.644. The minimum atomic E-state index is -0.990. The van der Waals surface area contributed by atoms with Crippen LogP contribution in [-0.4, -0.2) is 64.8 Å². The van der Waals surface area contributed by atoms with Crippen molar-refractivity contribution in [3.05, 3.63) is 34.9 Å². The molecule has 2 aliphatic heterocycles. The number of hydrogen-bond acceptors (Lipinski definition) is 6. The number of fused-ring (bicyclic) bond motifs is 1. The lowest BCUT2D eigenvalue weighted by Crippen LogP contribution is -2.54. The number of benzene rings is 1. The van der Waals surface area contributed by atoms with E-state index in [1.54, 1.807) is 46.0 Å². The Balaban J connectivity index is 1.70. The highest BCUT2D eigenvalue weighted by Gasteiger charge is 2.45. The van der Waals surface area contributed by atoms with E-state index in [0.717, 1.165) is 4.90 Å². The van der Waals surface area contributed by atoms with Gasteiger partial charge in [0.2, 0.25) is 11.8 Å². The van der Waals surface area contributed by atoms with Crippen LogP contribution in [0.1, 0.15) is 66.3 Å². The molecule has 1 N–H and O–H groups in total. The van der Waals surface area contributed by atoms with Crippen molar-refractivity contribution in [3.8, 4) is 0 Å². The molecule has 1 aromatic rings. The van der Waals surface area contributed by atoms with Crippen LogP contribution in [0.3, 0.4) is 0 Å². The van der Waals surface area contributed by atoms with Gasteiger partial charge in [0.05, 0.1) is 11.1 Å². The van der Waals surface area contributed by atoms with E-state index in [0.29, 0.717) is 24.9 Å². The van der Waals surface area contributed by atoms with Gasteiger partial charge in [-0.25, -0.2) is 4.79 Å². The SMILES string of the molecule is CN(CCCc1cccc2c1C(=O)N(C1CCC(=O)NC1=O)C2=O)C(=O)OC(C)(C)C. The van der Waals surface area contributed by atoms with Gasteiger partial charge >= 0.3 is 6.09 Å². The van der Waals surface area contributed by atoms with Gasteiger partial charge in [0.25, 0.3) is 11.8 Å². The Bertz CT molecular complexity index is 949. The normalized spacial score (nSPS) is 18.7. The van der Waals surface area contributed by atoms with Gasteiger partial charge in [-0.05, 0) is 51.7 Å². The standard InChI is InChI=1S/C22H27N3O6/c1-22(2,3)31-21(30)24(4)12-6-8-13-7-5-9-14-17(13)20(29)25(19(14)28)15-10-11-16(26)23-18(15)27/h5,7,9,15H,6,8,10-12H2,1-4H3,(H,23,26,27). The molecular formula is C22H27N3O6. The number of ether oxygens (including phenoxy) is 1. The summed E-state index contributed by atoms with van der Waals surface area (Å²) in [6.45, 7) is 5.80. The Kier molecular flexibility index (Phi) is 6.15. The van der Waals surface area contributed by atoms with Crippen molar-refractivity contribution in [1.82, 2.24) is 15.1 Å². The predicted octanol–water partition coefficient (Wildman–Crippen LogP) is 1.89. The molecule has 3 rings (SSSR count). The number of aryl methyl sites for hydroxylation is 1. The van der Waals surface area contributed by atoms with Crippen molar-refractivity contribution in [2.75, 3.05) is 13.6 Å². The first-order chi connectivity index (χ1) is 14.5. The first-order valence-electron chi connectivity index (χ1n) is 10.3. The Morgan fingerprint density at radius 3 is 2.55 bits per heavy atom. The second kappa shape index (κ2) is 8.49. The third-order valence-electron chi connectivity index (χ3n) is 5.20. The number of carbonyl (C=O) groups is 5. The first kappa shape index (κ1) is 22.5. The lowest BCUT2D eigenvalue weighted by molar-refractivity contribution is -0.136. The molecule has 2 aliphatic rings. The van der Waals surface area contributed by atoms with Crippen molar-refractivity contribution in [2.24, 2.45) is 0 Å². The lowest BCUT2D eigenvalue weighted by atomic mass is 9.99. The fraction of sp³-hybridized carbons (Fsp3) is 0.500. The van der Waals surface area contributed by atoms with Crippen LogP contribution in [0, 0.1) is 0 Å². The van der Waals surface area contributed by atoms with Crippen molar-refractivity contribution in [2.45, 2.75) is 58.1 Å². The maximum absolute atomic E-state index is 13.1. The third kappa shape index (κ3) is 4.76. The van der Waals surface area contributed by atoms with Crippen LogP contribution < -0.4 is 5.32 Å². The molecule has 1 fully saturated rings. The van der Waals surface area contributed by atoms with Crippen LogP contribution in [0.2, 0.25) is 0 Å². The third-order valence-corrected chi connectivity index (χ3v) is 5.20. The molecule has 2 heterocycles. The molecule has 5 amide bonds. The van der Waals surface area contributed by atoms with Crippen molar-refractivity contribution in [1.29, 1.82) is 0 Å². The van der Waals surface area contributed by atoms with Crippen LogP contribution in [0.25, 0.3) is 0 Å². The van der Waals surface area contributed by atoms with Crippen molar-refractivity contribution in [3.63, 3.8) is 0 Å². The summed E-state index contributed by atoms with van der Waals surface area (Å²) >= 11 is 0. The van der Waals surface area contributed by atoms with Gasteiger partial charge in [0.1, 0.15) is 11.6 Å². The van der Waals surface area contributed by atoms with Crippen LogP contribution in [-0.2, 0) is 20.7 Å². The summed E-state index contributed by atoms with van der Waals surface area (Å²) in [6, 6.07) is 4.05. The van der Waals surface area contributed by atoms with E-state index in [2.05, 4.69) is 5.32 Å². The Hall–Kier alpha value is -3.23. The van der Waals surface area contributed by atoms with Gasteiger partial charge in [0.15, 0.2) is 0 Å². The van der Waals surface area contributed by atoms with E-state index in [1.165, 1.54) is 4.90 Å². The van der Waals surface area contributed by atoms with Gasteiger partial charge in [-0.2, -0.15) is 0 Å². The van der Waals surface area contributed by atoms with Crippen molar-refractivity contribution >= 4 is 29.7 Å². The van der Waals surface area contributed by atoms with Gasteiger partial charge in [-0.3, -0.25) is 29.4 Å². The van der Waals surface area contributed by atoms with E-state index in [9.17, 15) is 24.0 Å². The molecule has 166 valence electrons. The number of carbonyl (C=O) groups excluding carboxylic acids is 5. The number of nitrogens with zero attached hydrogens (tertiary/aromatic N) is 2. The monoisotopic (exact) mass is 429 g/mol. The molecule has 1 aromatic carbocycles. The van der Waals surface area contributed by atoms with Gasteiger partial charge < -0.3 is 9.64 Å². The molecule has 0 saturated carbocycles. The molecule has 0 spiro atoms. The summed E-state index contributed by atoms with van der Waals surface area (Å²) in [5, 5.41) is 2.19. The Morgan fingerprint density at radius 2 is 1.90 bits per heavy atom. The second-order valence-electron chi connectivity index (χ2n) is 8.79. The molecule has 0 aromatic heterocycles. The second-order valence-corrected chi connectivity index (χ2v) is 8.79. The molecule has 31 heavy (non-hydrogen) atoms. The molecule has 9 heteroatoms. The zero-order valence-electron chi connectivity index (χ0n) is 18.2. The summed E-state index contributed by atoms with van der Waals surface area (Å²) < 4.78 is 5.33. The quantitative estimate of drug-likeness (QED) is 0.715. The summed E-state index contributed by atoms with van der Waals surface area (Å²) in [6.07, 6.45) is 0.797. The molecule has 1 saturated heterocycles. The predicted molar refractivity (Wildman–Crippen MR) is 110 cm³/mol. The molecule has 9 nitrogen and oxygen atoms in total. The number of nitrogens with one attached hydrogen (secondary N) is 1. The molecule has 1 atom stereocenters. The zero-order valence-corrected chi connectivity index (χ0v) is 18.2. The minimum absolute atomic E-state index is 0.0771. The largest absolute Gasteiger partial charge is 0.444 e. The van der Waals surface area contributed by atoms with Gasteiger partial charge in [-0.15, -0.1) is 0 Å². The number of piperidine rings is 1. The highest BCUT2D eigenvalue weighted by molar-refractivity contribution is 6.24. The number of imide groups is 2. The maximum Gasteiger partial charge on any atom is 0.410 e. The molecule has 1 unspecified atom stereocenters. The molecule has 0 bridgehead atoms. The topological polar surface area (TPSA) is 113 Å². The summed E-state index contributed by atoms with van der Waals surface area (Å²) in [4.78, 5) is 64.1. The van der Waals surface area contributed by atoms with E-state index >= 15 is 0 Å². The maximum atomic E-state index is 13.1. The fourth-order valence-electron chi connectivity index (χ4n) is 3.73. The van der Waals surface area contributed by atoms with Crippen LogP contribution >= 0.6 is 0 Å². The Labute approximate surface area is 180 Å². The van der Waals surface area contributed by atoms with Gasteiger partial charge in [-0.1, -0.05) is 12.1 Å². The molecular weight excluding hydrogens is 402 g/mol. The fourth-order valence-corrected chi connectivity index (χ4v) is 3.73. The van der Waals surface area contributed by atoms with Gasteiger partial charge in [0, 0.05) is 20.0 Å². The van der Waals surface area contributed by atoms with Crippen LogP contribution in [0.4, 0.5) is 4.79 Å². The Morgan fingerprint density at radius 1 is 1.19 bits per heavy atom. The van der Waals surface area contributed by atoms with E-state index in [-0.39, 0.29) is 24.0 Å². The van der Waals surface area contributed by atoms with E-state index < -0.39 is 41.4 Å². The lowest BCUT2D eigenvalue weighted by Gasteiger charge is -2.27. The van der Waals surface area contributed by atoms with Crippen LogP contribution in [0.15, 0.2) is 18.2 Å². The summed E-state index contributed by atoms with van der Waals surface area (Å²) in [5.74, 6) is -2.09. The number of rotatable bonds is 5. The summed E-state index contributed by atoms with van der Waals surface area (Å²) in [7, 11) is 1.64. The van der Waals surface area contributed by atoms with E-state index in [4.69, 9.17) is 4.74 Å². The van der Waals surface area contributed by atoms with E-state index in [1.807, 2.05) is 0 Å². The minimum Gasteiger partial charge on any atom is -0.444 e. The number of amides is 5. The molecule has 0 aliphatic carbocycles. The van der Waals surface area contributed by atoms with Crippen LogP contribution in [0.5, 0.6) is 0 Å². The average Bonchev–Trinajstić information content (AvgIpc) is 2.92. The molecule has 0 radical (unpaired) electrons. The highest BCUT2D eigenvalue weighted by Crippen LogP contribution is 2.30. The smallest absolute Gasteiger partial charge is 0.410 e. The highest BCUT2D eigenvalue weighted by atomic mass is 16.6. The first-order valence-corrected chi connectivity index (χ1v) is 10.3. The van der Waals surface area contributed by atoms with Crippen molar-refractivity contribution < 1.29 is 28.7 Å². The number of hydrogen-bond donors (Lipinski definition) is 1. The zero-order chi connectivity index (χ0) is 22.9.